The molecule has 0 aliphatic carbocycles. The molecule has 0 spiro atoms. The molecule has 1 rings (SSSR count). The number of hydrogen-bond donors (Lipinski definition) is 1. The van der Waals surface area contributed by atoms with Crippen LogP contribution in [-0.4, -0.2) is 36.8 Å². The van der Waals surface area contributed by atoms with Gasteiger partial charge in [-0.25, -0.2) is 0 Å². The van der Waals surface area contributed by atoms with Crippen molar-refractivity contribution in [3.8, 4) is 5.75 Å². The molecule has 0 bridgehead atoms. The van der Waals surface area contributed by atoms with E-state index in [2.05, 4.69) is 0 Å². The number of ether oxygens (including phenoxy) is 1. The van der Waals surface area contributed by atoms with E-state index in [1.807, 2.05) is 12.1 Å². The summed E-state index contributed by atoms with van der Waals surface area (Å²) in [5.41, 5.74) is 6.46. The molecule has 0 heterocycles. The second-order valence-corrected chi connectivity index (χ2v) is 4.88. The zero-order chi connectivity index (χ0) is 15.2. The molecular formula is C14H21F3N2O. The van der Waals surface area contributed by atoms with Gasteiger partial charge in [0.1, 0.15) is 12.4 Å². The summed E-state index contributed by atoms with van der Waals surface area (Å²) >= 11 is 0. The third-order valence-electron chi connectivity index (χ3n) is 2.92. The van der Waals surface area contributed by atoms with Crippen LogP contribution < -0.4 is 10.5 Å². The van der Waals surface area contributed by atoms with Gasteiger partial charge in [0, 0.05) is 19.1 Å². The first-order valence-corrected chi connectivity index (χ1v) is 6.54. The van der Waals surface area contributed by atoms with E-state index in [1.54, 1.807) is 26.0 Å². The summed E-state index contributed by atoms with van der Waals surface area (Å²) in [5.74, 6) is 0.637. The lowest BCUT2D eigenvalue weighted by Crippen LogP contribution is -2.41. The van der Waals surface area contributed by atoms with E-state index in [-0.39, 0.29) is 19.2 Å². The minimum absolute atomic E-state index is 0.181. The third-order valence-corrected chi connectivity index (χ3v) is 2.92. The highest BCUT2D eigenvalue weighted by Crippen LogP contribution is 2.18. The van der Waals surface area contributed by atoms with Gasteiger partial charge in [-0.3, -0.25) is 4.90 Å². The fraction of sp³-hybridized carbons (Fsp3) is 0.571. The van der Waals surface area contributed by atoms with Gasteiger partial charge >= 0.3 is 6.18 Å². The Kier molecular flexibility index (Phi) is 6.29. The van der Waals surface area contributed by atoms with Gasteiger partial charge in [-0.1, -0.05) is 12.1 Å². The molecule has 0 saturated carbocycles. The largest absolute Gasteiger partial charge is 0.492 e. The Labute approximate surface area is 117 Å². The molecule has 20 heavy (non-hydrogen) atoms. The van der Waals surface area contributed by atoms with Gasteiger partial charge in [0.25, 0.3) is 0 Å². The van der Waals surface area contributed by atoms with Crippen LogP contribution in [0.1, 0.15) is 19.4 Å². The minimum Gasteiger partial charge on any atom is -0.492 e. The lowest BCUT2D eigenvalue weighted by atomic mass is 10.2. The van der Waals surface area contributed by atoms with Crippen LogP contribution in [0.2, 0.25) is 0 Å². The van der Waals surface area contributed by atoms with Crippen molar-refractivity contribution in [3.05, 3.63) is 29.8 Å². The lowest BCUT2D eigenvalue weighted by molar-refractivity contribution is -0.150. The molecule has 3 nitrogen and oxygen atoms in total. The van der Waals surface area contributed by atoms with Gasteiger partial charge in [0.2, 0.25) is 0 Å². The van der Waals surface area contributed by atoms with E-state index < -0.39 is 12.7 Å². The number of nitrogens with two attached hydrogens (primary N) is 1. The Morgan fingerprint density at radius 1 is 1.20 bits per heavy atom. The molecule has 0 amide bonds. The smallest absolute Gasteiger partial charge is 0.401 e. The molecule has 0 aliphatic rings. The van der Waals surface area contributed by atoms with E-state index in [0.29, 0.717) is 12.3 Å². The number of benzene rings is 1. The molecule has 0 fully saturated rings. The molecule has 0 aromatic heterocycles. The molecule has 0 unspecified atom stereocenters. The first-order chi connectivity index (χ1) is 9.31. The topological polar surface area (TPSA) is 38.5 Å². The third kappa shape index (κ3) is 6.25. The van der Waals surface area contributed by atoms with Gasteiger partial charge in [-0.05, 0) is 31.5 Å². The van der Waals surface area contributed by atoms with Gasteiger partial charge in [-0.15, -0.1) is 0 Å². The Bertz CT molecular complexity index is 390. The second-order valence-electron chi connectivity index (χ2n) is 4.88. The van der Waals surface area contributed by atoms with Gasteiger partial charge in [-0.2, -0.15) is 13.2 Å². The van der Waals surface area contributed by atoms with E-state index >= 15 is 0 Å². The summed E-state index contributed by atoms with van der Waals surface area (Å²) in [6.45, 7) is 3.46. The molecule has 0 radical (unpaired) electrons. The Hall–Kier alpha value is -1.27. The zero-order valence-corrected chi connectivity index (χ0v) is 11.8. The van der Waals surface area contributed by atoms with Crippen molar-refractivity contribution in [1.82, 2.24) is 4.90 Å². The maximum absolute atomic E-state index is 12.4. The average molecular weight is 290 g/mol. The standard InChI is InChI=1S/C14H21F3N2O/c1-11(2)19(10-14(15,16)17)7-8-20-13-5-3-12(9-18)4-6-13/h3-6,11H,7-10,18H2,1-2H3. The summed E-state index contributed by atoms with van der Waals surface area (Å²) in [6, 6.07) is 7.04. The molecule has 6 heteroatoms. The molecule has 2 N–H and O–H groups in total. The molecule has 1 aromatic rings. The fourth-order valence-corrected chi connectivity index (χ4v) is 1.75. The second kappa shape index (κ2) is 7.50. The molecule has 1 aromatic carbocycles. The zero-order valence-electron chi connectivity index (χ0n) is 11.8. The van der Waals surface area contributed by atoms with Crippen LogP contribution in [-0.2, 0) is 6.54 Å². The van der Waals surface area contributed by atoms with E-state index in [4.69, 9.17) is 10.5 Å². The van der Waals surface area contributed by atoms with Crippen molar-refractivity contribution in [3.63, 3.8) is 0 Å². The number of hydrogen-bond acceptors (Lipinski definition) is 3. The van der Waals surface area contributed by atoms with Crippen LogP contribution in [0.4, 0.5) is 13.2 Å². The van der Waals surface area contributed by atoms with E-state index in [0.717, 1.165) is 5.56 Å². The monoisotopic (exact) mass is 290 g/mol. The maximum Gasteiger partial charge on any atom is 0.401 e. The first-order valence-electron chi connectivity index (χ1n) is 6.54. The number of halogens is 3. The van der Waals surface area contributed by atoms with Crippen molar-refractivity contribution in [2.45, 2.75) is 32.6 Å². The normalized spacial score (nSPS) is 12.2. The Morgan fingerprint density at radius 2 is 1.80 bits per heavy atom. The van der Waals surface area contributed by atoms with E-state index in [1.165, 1.54) is 4.90 Å². The molecule has 114 valence electrons. The highest BCUT2D eigenvalue weighted by Gasteiger charge is 2.31. The van der Waals surface area contributed by atoms with Crippen molar-refractivity contribution >= 4 is 0 Å². The molecule has 0 aliphatic heterocycles. The summed E-state index contributed by atoms with van der Waals surface area (Å²) in [5, 5.41) is 0. The predicted octanol–water partition coefficient (Wildman–Crippen LogP) is 2.80. The highest BCUT2D eigenvalue weighted by molar-refractivity contribution is 5.27. The first kappa shape index (κ1) is 16.8. The number of nitrogens with zero attached hydrogens (tertiary/aromatic N) is 1. The van der Waals surface area contributed by atoms with Gasteiger partial charge in [0.05, 0.1) is 6.54 Å². The SMILES string of the molecule is CC(C)N(CCOc1ccc(CN)cc1)CC(F)(F)F. The number of rotatable bonds is 7. The van der Waals surface area contributed by atoms with Crippen LogP contribution in [0.15, 0.2) is 24.3 Å². The van der Waals surface area contributed by atoms with E-state index in [9.17, 15) is 13.2 Å². The highest BCUT2D eigenvalue weighted by atomic mass is 19.4. The van der Waals surface area contributed by atoms with Gasteiger partial charge in [0.15, 0.2) is 0 Å². The number of alkyl halides is 3. The van der Waals surface area contributed by atoms with Crippen molar-refractivity contribution < 1.29 is 17.9 Å². The Morgan fingerprint density at radius 3 is 2.25 bits per heavy atom. The molecule has 0 atom stereocenters. The van der Waals surface area contributed by atoms with Crippen molar-refractivity contribution in [2.24, 2.45) is 5.73 Å². The van der Waals surface area contributed by atoms with Crippen molar-refractivity contribution in [1.29, 1.82) is 0 Å². The maximum atomic E-state index is 12.4. The predicted molar refractivity (Wildman–Crippen MR) is 72.6 cm³/mol. The summed E-state index contributed by atoms with van der Waals surface area (Å²) in [6.07, 6.45) is -4.19. The van der Waals surface area contributed by atoms with Gasteiger partial charge < -0.3 is 10.5 Å². The van der Waals surface area contributed by atoms with Crippen LogP contribution in [0.3, 0.4) is 0 Å². The van der Waals surface area contributed by atoms with Crippen LogP contribution in [0.25, 0.3) is 0 Å². The summed E-state index contributed by atoms with van der Waals surface area (Å²) < 4.78 is 42.7. The lowest BCUT2D eigenvalue weighted by Gasteiger charge is -2.27. The quantitative estimate of drug-likeness (QED) is 0.839. The van der Waals surface area contributed by atoms with Crippen molar-refractivity contribution in [2.75, 3.05) is 19.7 Å². The van der Waals surface area contributed by atoms with Crippen LogP contribution in [0, 0.1) is 0 Å². The summed E-state index contributed by atoms with van der Waals surface area (Å²) in [7, 11) is 0. The summed E-state index contributed by atoms with van der Waals surface area (Å²) in [4.78, 5) is 1.34. The molecule has 0 saturated heterocycles. The fourth-order valence-electron chi connectivity index (χ4n) is 1.75. The Balaban J connectivity index is 2.43. The minimum atomic E-state index is -4.19. The van der Waals surface area contributed by atoms with Crippen LogP contribution in [0.5, 0.6) is 5.75 Å². The van der Waals surface area contributed by atoms with Crippen LogP contribution >= 0.6 is 0 Å². The average Bonchev–Trinajstić information content (AvgIpc) is 2.37. The molecular weight excluding hydrogens is 269 g/mol.